The maximum atomic E-state index is 13.4. The minimum absolute atomic E-state index is 0.0968. The fraction of sp³-hybridized carbons (Fsp3) is 0.364. The number of carbonyl (C=O) groups excluding carboxylic acids is 2. The molecule has 3 aromatic rings. The normalized spacial score (nSPS) is 18.8. The van der Waals surface area contributed by atoms with Gasteiger partial charge in [0.05, 0.1) is 0 Å². The van der Waals surface area contributed by atoms with E-state index in [9.17, 15) is 19.5 Å². The van der Waals surface area contributed by atoms with Crippen LogP contribution in [-0.2, 0) is 20.9 Å². The van der Waals surface area contributed by atoms with Crippen LogP contribution < -0.4 is 10.6 Å². The third-order valence-electron chi connectivity index (χ3n) is 8.17. The Kier molecular flexibility index (Phi) is 8.69. The Hall–Kier alpha value is -4.17. The van der Waals surface area contributed by atoms with E-state index in [1.807, 2.05) is 78.6 Å². The quantitative estimate of drug-likeness (QED) is 0.310. The van der Waals surface area contributed by atoms with Crippen molar-refractivity contribution in [3.8, 4) is 11.1 Å². The lowest BCUT2D eigenvalue weighted by molar-refractivity contribution is -0.147. The summed E-state index contributed by atoms with van der Waals surface area (Å²) in [4.78, 5) is 40.9. The summed E-state index contributed by atoms with van der Waals surface area (Å²) in [6.07, 6.45) is 1.50. The molecule has 0 radical (unpaired) electrons. The average molecular weight is 556 g/mol. The van der Waals surface area contributed by atoms with Gasteiger partial charge < -0.3 is 20.5 Å². The highest BCUT2D eigenvalue weighted by atomic mass is 16.5. The summed E-state index contributed by atoms with van der Waals surface area (Å²) in [5.41, 5.74) is 4.14. The number of nitrogens with zero attached hydrogens (tertiary/aromatic N) is 1. The molecule has 41 heavy (non-hydrogen) atoms. The number of carboxylic acids is 1. The van der Waals surface area contributed by atoms with Crippen LogP contribution in [0.4, 0.5) is 4.79 Å². The van der Waals surface area contributed by atoms with E-state index in [-0.39, 0.29) is 25.5 Å². The predicted octanol–water partition coefficient (Wildman–Crippen LogP) is 4.93. The van der Waals surface area contributed by atoms with Crippen LogP contribution in [-0.4, -0.2) is 59.3 Å². The van der Waals surface area contributed by atoms with Gasteiger partial charge in [-0.05, 0) is 40.7 Å². The molecule has 1 aliphatic carbocycles. The molecule has 2 amide bonds. The molecule has 1 fully saturated rings. The number of alkyl carbamates (subject to hydrolysis) is 1. The van der Waals surface area contributed by atoms with Crippen LogP contribution in [0, 0.1) is 0 Å². The largest absolute Gasteiger partial charge is 0.479 e. The van der Waals surface area contributed by atoms with Gasteiger partial charge >= 0.3 is 12.1 Å². The summed E-state index contributed by atoms with van der Waals surface area (Å²) in [5.74, 6) is -1.67. The smallest absolute Gasteiger partial charge is 0.407 e. The molecule has 0 spiro atoms. The molecule has 1 heterocycles. The van der Waals surface area contributed by atoms with E-state index in [2.05, 4.69) is 22.8 Å². The Morgan fingerprint density at radius 1 is 0.976 bits per heavy atom. The van der Waals surface area contributed by atoms with Crippen molar-refractivity contribution >= 4 is 18.0 Å². The summed E-state index contributed by atoms with van der Waals surface area (Å²) in [5, 5.41) is 15.7. The van der Waals surface area contributed by atoms with Crippen LogP contribution in [0.15, 0.2) is 78.9 Å². The zero-order valence-corrected chi connectivity index (χ0v) is 23.3. The van der Waals surface area contributed by atoms with Crippen LogP contribution in [0.1, 0.15) is 55.2 Å². The SMILES string of the molecule is CCCCC(NC(=O)OCC1c2ccccc2-c2ccccc21)C(=O)NC1(C(=O)O)CCN(Cc2ccccc2)C1. The molecule has 2 unspecified atom stereocenters. The molecule has 0 saturated carbocycles. The van der Waals surface area contributed by atoms with E-state index in [1.165, 1.54) is 0 Å². The van der Waals surface area contributed by atoms with E-state index in [0.29, 0.717) is 25.9 Å². The second-order valence-electron chi connectivity index (χ2n) is 11.0. The summed E-state index contributed by atoms with van der Waals surface area (Å²) in [6, 6.07) is 25.1. The molecule has 214 valence electrons. The molecule has 1 aliphatic heterocycles. The van der Waals surface area contributed by atoms with Crippen LogP contribution in [0.5, 0.6) is 0 Å². The van der Waals surface area contributed by atoms with Gasteiger partial charge in [-0.25, -0.2) is 9.59 Å². The van der Waals surface area contributed by atoms with Gasteiger partial charge in [0.2, 0.25) is 5.91 Å². The molecule has 2 aliphatic rings. The Labute approximate surface area is 240 Å². The van der Waals surface area contributed by atoms with Gasteiger partial charge in [0.1, 0.15) is 12.6 Å². The van der Waals surface area contributed by atoms with Gasteiger partial charge in [0, 0.05) is 25.6 Å². The Morgan fingerprint density at radius 2 is 1.61 bits per heavy atom. The first kappa shape index (κ1) is 28.4. The van der Waals surface area contributed by atoms with Crippen LogP contribution in [0.2, 0.25) is 0 Å². The lowest BCUT2D eigenvalue weighted by atomic mass is 9.97. The average Bonchev–Trinajstić information content (AvgIpc) is 3.54. The number of fused-ring (bicyclic) bond motifs is 3. The molecule has 2 atom stereocenters. The molecule has 1 saturated heterocycles. The number of likely N-dealkylation sites (tertiary alicyclic amines) is 1. The number of rotatable bonds is 11. The molecular weight excluding hydrogens is 518 g/mol. The third kappa shape index (κ3) is 6.28. The fourth-order valence-electron chi connectivity index (χ4n) is 5.98. The van der Waals surface area contributed by atoms with Gasteiger partial charge in [0.15, 0.2) is 5.54 Å². The van der Waals surface area contributed by atoms with Crippen LogP contribution in [0.3, 0.4) is 0 Å². The molecular formula is C33H37N3O5. The number of amides is 2. The van der Waals surface area contributed by atoms with Crippen molar-refractivity contribution in [3.05, 3.63) is 95.6 Å². The number of carboxylic acid groups (broad SMARTS) is 1. The molecule has 3 aromatic carbocycles. The lowest BCUT2D eigenvalue weighted by Gasteiger charge is -2.29. The van der Waals surface area contributed by atoms with Crippen molar-refractivity contribution < 1.29 is 24.2 Å². The van der Waals surface area contributed by atoms with Crippen LogP contribution >= 0.6 is 0 Å². The third-order valence-corrected chi connectivity index (χ3v) is 8.17. The first-order chi connectivity index (χ1) is 19.9. The number of ether oxygens (including phenoxy) is 1. The Balaban J connectivity index is 1.23. The van der Waals surface area contributed by atoms with Crippen molar-refractivity contribution in [1.29, 1.82) is 0 Å². The molecule has 0 aromatic heterocycles. The number of unbranched alkanes of at least 4 members (excludes halogenated alkanes) is 1. The summed E-state index contributed by atoms with van der Waals surface area (Å²) < 4.78 is 5.67. The van der Waals surface area contributed by atoms with Gasteiger partial charge in [-0.15, -0.1) is 0 Å². The van der Waals surface area contributed by atoms with Gasteiger partial charge in [-0.1, -0.05) is 98.6 Å². The summed E-state index contributed by atoms with van der Waals surface area (Å²) >= 11 is 0. The number of hydrogen-bond donors (Lipinski definition) is 3. The number of benzene rings is 3. The zero-order valence-electron chi connectivity index (χ0n) is 23.3. The van der Waals surface area contributed by atoms with Crippen molar-refractivity contribution in [1.82, 2.24) is 15.5 Å². The van der Waals surface area contributed by atoms with E-state index in [4.69, 9.17) is 4.74 Å². The number of hydrogen-bond acceptors (Lipinski definition) is 5. The van der Waals surface area contributed by atoms with E-state index in [1.54, 1.807) is 0 Å². The van der Waals surface area contributed by atoms with E-state index >= 15 is 0 Å². The number of nitrogens with one attached hydrogen (secondary N) is 2. The second kappa shape index (κ2) is 12.6. The minimum Gasteiger partial charge on any atom is -0.479 e. The molecule has 0 bridgehead atoms. The molecule has 5 rings (SSSR count). The molecule has 8 heteroatoms. The van der Waals surface area contributed by atoms with Gasteiger partial charge in [-0.3, -0.25) is 9.69 Å². The van der Waals surface area contributed by atoms with Crippen molar-refractivity contribution in [2.75, 3.05) is 19.7 Å². The van der Waals surface area contributed by atoms with Crippen LogP contribution in [0.25, 0.3) is 11.1 Å². The zero-order chi connectivity index (χ0) is 28.8. The lowest BCUT2D eigenvalue weighted by Crippen LogP contribution is -2.60. The first-order valence-corrected chi connectivity index (χ1v) is 14.3. The first-order valence-electron chi connectivity index (χ1n) is 14.3. The van der Waals surface area contributed by atoms with E-state index in [0.717, 1.165) is 34.2 Å². The Bertz CT molecular complexity index is 1350. The topological polar surface area (TPSA) is 108 Å². The number of aliphatic carboxylic acids is 1. The monoisotopic (exact) mass is 555 g/mol. The predicted molar refractivity (Wildman–Crippen MR) is 156 cm³/mol. The van der Waals surface area contributed by atoms with Gasteiger partial charge in [0.25, 0.3) is 0 Å². The molecule has 8 nitrogen and oxygen atoms in total. The number of carbonyl (C=O) groups is 3. The molecule has 3 N–H and O–H groups in total. The highest BCUT2D eigenvalue weighted by Gasteiger charge is 2.47. The highest BCUT2D eigenvalue weighted by molar-refractivity contribution is 5.91. The maximum Gasteiger partial charge on any atom is 0.407 e. The standard InChI is InChI=1S/C33H37N3O5/c1-2-3-17-29(30(37)35-33(31(38)39)18-19-36(22-33)20-23-11-5-4-6-12-23)34-32(40)41-21-28-26-15-9-7-13-24(26)25-14-8-10-16-27(25)28/h4-16,28-29H,2-3,17-22H2,1H3,(H,34,40)(H,35,37)(H,38,39). The van der Waals surface area contributed by atoms with Crippen molar-refractivity contribution in [2.45, 2.75) is 56.7 Å². The second-order valence-corrected chi connectivity index (χ2v) is 11.0. The maximum absolute atomic E-state index is 13.4. The summed E-state index contributed by atoms with van der Waals surface area (Å²) in [6.45, 7) is 3.47. The van der Waals surface area contributed by atoms with Crippen molar-refractivity contribution in [2.24, 2.45) is 0 Å². The minimum atomic E-state index is -1.42. The summed E-state index contributed by atoms with van der Waals surface area (Å²) in [7, 11) is 0. The van der Waals surface area contributed by atoms with Gasteiger partial charge in [-0.2, -0.15) is 0 Å². The van der Waals surface area contributed by atoms with E-state index < -0.39 is 29.6 Å². The Morgan fingerprint density at radius 3 is 2.24 bits per heavy atom. The highest BCUT2D eigenvalue weighted by Crippen LogP contribution is 2.44. The van der Waals surface area contributed by atoms with Crippen molar-refractivity contribution in [3.63, 3.8) is 0 Å². The fourth-order valence-corrected chi connectivity index (χ4v) is 5.98.